The number of aliphatic hydroxyl groups excluding tert-OH is 1. The molecule has 1 heterocycles. The van der Waals surface area contributed by atoms with Gasteiger partial charge in [-0.15, -0.1) is 0 Å². The van der Waals surface area contributed by atoms with Gasteiger partial charge in [0.1, 0.15) is 0 Å². The highest BCUT2D eigenvalue weighted by molar-refractivity contribution is 5.72. The van der Waals surface area contributed by atoms with Crippen molar-refractivity contribution in [3.8, 4) is 5.75 Å². The molecule has 1 amide bonds. The first-order chi connectivity index (χ1) is 9.93. The van der Waals surface area contributed by atoms with Crippen LogP contribution in [0.5, 0.6) is 5.75 Å². The van der Waals surface area contributed by atoms with E-state index in [0.717, 1.165) is 5.69 Å². The van der Waals surface area contributed by atoms with E-state index in [1.807, 2.05) is 11.9 Å². The molecule has 21 heavy (non-hydrogen) atoms. The molecular weight excluding hydrogens is 274 g/mol. The van der Waals surface area contributed by atoms with Crippen LogP contribution in [-0.2, 0) is 17.9 Å². The van der Waals surface area contributed by atoms with Crippen molar-refractivity contribution in [2.45, 2.75) is 26.4 Å². The van der Waals surface area contributed by atoms with Crippen LogP contribution in [0.3, 0.4) is 0 Å². The molecule has 7 heteroatoms. The average Bonchev–Trinajstić information content (AvgIpc) is 2.40. The summed E-state index contributed by atoms with van der Waals surface area (Å²) in [4.78, 5) is 24.3. The van der Waals surface area contributed by atoms with E-state index >= 15 is 0 Å². The van der Waals surface area contributed by atoms with Crippen LogP contribution in [0, 0.1) is 0 Å². The second kappa shape index (κ2) is 8.43. The summed E-state index contributed by atoms with van der Waals surface area (Å²) in [5, 5.41) is 21.2. The predicted octanol–water partition coefficient (Wildman–Crippen LogP) is -0.496. The molecule has 0 spiro atoms. The molecule has 1 aromatic heterocycles. The van der Waals surface area contributed by atoms with Gasteiger partial charge in [-0.3, -0.25) is 14.5 Å². The number of rotatable bonds is 8. The number of aliphatic hydroxyl groups is 1. The van der Waals surface area contributed by atoms with Gasteiger partial charge in [-0.05, 0) is 13.5 Å². The first kappa shape index (κ1) is 17.2. The van der Waals surface area contributed by atoms with E-state index in [0.29, 0.717) is 32.6 Å². The first-order valence-corrected chi connectivity index (χ1v) is 6.90. The van der Waals surface area contributed by atoms with Gasteiger partial charge in [0.25, 0.3) is 0 Å². The van der Waals surface area contributed by atoms with Crippen molar-refractivity contribution in [1.29, 1.82) is 0 Å². The summed E-state index contributed by atoms with van der Waals surface area (Å²) in [5.74, 6) is -0.372. The summed E-state index contributed by atoms with van der Waals surface area (Å²) < 4.78 is 1.80. The monoisotopic (exact) mass is 297 g/mol. The molecule has 0 saturated heterocycles. The molecule has 0 bridgehead atoms. The number of hydrogen-bond acceptors (Lipinski definition) is 5. The van der Waals surface area contributed by atoms with Crippen molar-refractivity contribution >= 4 is 5.91 Å². The fourth-order valence-electron chi connectivity index (χ4n) is 1.99. The molecule has 1 aromatic rings. The fourth-order valence-corrected chi connectivity index (χ4v) is 1.99. The van der Waals surface area contributed by atoms with Gasteiger partial charge in [-0.1, -0.05) is 0 Å². The SMILES string of the molecule is CC(=O)NCCCn1cc(O)c(=O)cc1CN(C)CCO. The molecule has 1 rings (SSSR count). The third-order valence-corrected chi connectivity index (χ3v) is 3.06. The number of hydrogen-bond donors (Lipinski definition) is 3. The van der Waals surface area contributed by atoms with Crippen molar-refractivity contribution in [1.82, 2.24) is 14.8 Å². The summed E-state index contributed by atoms with van der Waals surface area (Å²) in [6, 6.07) is 1.40. The lowest BCUT2D eigenvalue weighted by Crippen LogP contribution is -2.26. The number of likely N-dealkylation sites (N-methyl/N-ethyl adjacent to an activating group) is 1. The van der Waals surface area contributed by atoms with Crippen LogP contribution in [0.2, 0.25) is 0 Å². The van der Waals surface area contributed by atoms with Gasteiger partial charge in [0.2, 0.25) is 11.3 Å². The standard InChI is InChI=1S/C14H23N3O4/c1-11(19)15-4-3-5-17-10-14(21)13(20)8-12(17)9-16(2)6-7-18/h8,10,18,21H,3-7,9H2,1-2H3,(H,15,19). The summed E-state index contributed by atoms with van der Waals surface area (Å²) >= 11 is 0. The maximum atomic E-state index is 11.6. The Labute approximate surface area is 123 Å². The molecule has 0 saturated carbocycles. The Bertz CT molecular complexity index is 527. The van der Waals surface area contributed by atoms with E-state index in [9.17, 15) is 14.7 Å². The second-order valence-corrected chi connectivity index (χ2v) is 5.01. The zero-order valence-electron chi connectivity index (χ0n) is 12.5. The minimum absolute atomic E-state index is 0.0430. The van der Waals surface area contributed by atoms with Crippen LogP contribution in [0.4, 0.5) is 0 Å². The fraction of sp³-hybridized carbons (Fsp3) is 0.571. The second-order valence-electron chi connectivity index (χ2n) is 5.01. The van der Waals surface area contributed by atoms with Crippen molar-refractivity contribution in [3.63, 3.8) is 0 Å². The topological polar surface area (TPSA) is 94.8 Å². The van der Waals surface area contributed by atoms with Crippen LogP contribution in [0.1, 0.15) is 19.0 Å². The molecule has 0 unspecified atom stereocenters. The average molecular weight is 297 g/mol. The molecule has 0 radical (unpaired) electrons. The number of carbonyl (C=O) groups excluding carboxylic acids is 1. The van der Waals surface area contributed by atoms with Crippen LogP contribution in [0.15, 0.2) is 17.1 Å². The van der Waals surface area contributed by atoms with E-state index in [-0.39, 0.29) is 18.3 Å². The van der Waals surface area contributed by atoms with Crippen LogP contribution in [-0.4, -0.2) is 52.3 Å². The Morgan fingerprint density at radius 1 is 1.48 bits per heavy atom. The Balaban J connectivity index is 2.77. The van der Waals surface area contributed by atoms with Gasteiger partial charge < -0.3 is 20.1 Å². The van der Waals surface area contributed by atoms with E-state index in [1.165, 1.54) is 19.2 Å². The van der Waals surface area contributed by atoms with E-state index in [4.69, 9.17) is 5.11 Å². The largest absolute Gasteiger partial charge is 0.503 e. The number of nitrogens with zero attached hydrogens (tertiary/aromatic N) is 2. The minimum atomic E-state index is -0.416. The number of aromatic hydroxyl groups is 1. The van der Waals surface area contributed by atoms with Gasteiger partial charge in [0.15, 0.2) is 5.75 Å². The van der Waals surface area contributed by atoms with Crippen molar-refractivity contribution in [2.75, 3.05) is 26.7 Å². The highest BCUT2D eigenvalue weighted by atomic mass is 16.3. The molecule has 0 fully saturated rings. The molecule has 0 aliphatic carbocycles. The highest BCUT2D eigenvalue weighted by Gasteiger charge is 2.08. The molecule has 7 nitrogen and oxygen atoms in total. The molecule has 0 aromatic carbocycles. The zero-order chi connectivity index (χ0) is 15.8. The highest BCUT2D eigenvalue weighted by Crippen LogP contribution is 2.08. The number of amides is 1. The molecule has 3 N–H and O–H groups in total. The van der Waals surface area contributed by atoms with Crippen molar-refractivity contribution < 1.29 is 15.0 Å². The number of aryl methyl sites for hydroxylation is 1. The third-order valence-electron chi connectivity index (χ3n) is 3.06. The summed E-state index contributed by atoms with van der Waals surface area (Å²) in [6.45, 7) is 3.61. The number of nitrogens with one attached hydrogen (secondary N) is 1. The Morgan fingerprint density at radius 2 is 2.19 bits per heavy atom. The molecule has 0 atom stereocenters. The summed E-state index contributed by atoms with van der Waals surface area (Å²) in [7, 11) is 1.84. The zero-order valence-corrected chi connectivity index (χ0v) is 12.5. The van der Waals surface area contributed by atoms with E-state index in [2.05, 4.69) is 5.32 Å². The Hall–Kier alpha value is -1.86. The number of pyridine rings is 1. The van der Waals surface area contributed by atoms with Gasteiger partial charge in [0, 0.05) is 44.9 Å². The third kappa shape index (κ3) is 5.97. The van der Waals surface area contributed by atoms with Gasteiger partial charge in [-0.2, -0.15) is 0 Å². The first-order valence-electron chi connectivity index (χ1n) is 6.90. The maximum Gasteiger partial charge on any atom is 0.223 e. The summed E-state index contributed by atoms with van der Waals surface area (Å²) in [5.41, 5.74) is 0.345. The van der Waals surface area contributed by atoms with E-state index in [1.54, 1.807) is 4.57 Å². The van der Waals surface area contributed by atoms with Gasteiger partial charge >= 0.3 is 0 Å². The lowest BCUT2D eigenvalue weighted by atomic mass is 10.2. The Morgan fingerprint density at radius 3 is 2.81 bits per heavy atom. The molecular formula is C14H23N3O4. The van der Waals surface area contributed by atoms with Crippen LogP contribution in [0.25, 0.3) is 0 Å². The van der Waals surface area contributed by atoms with Crippen molar-refractivity contribution in [3.05, 3.63) is 28.2 Å². The van der Waals surface area contributed by atoms with Crippen molar-refractivity contribution in [2.24, 2.45) is 0 Å². The van der Waals surface area contributed by atoms with Crippen LogP contribution < -0.4 is 10.7 Å². The molecule has 118 valence electrons. The minimum Gasteiger partial charge on any atom is -0.503 e. The molecule has 0 aliphatic heterocycles. The lowest BCUT2D eigenvalue weighted by molar-refractivity contribution is -0.118. The quantitative estimate of drug-likeness (QED) is 0.563. The predicted molar refractivity (Wildman–Crippen MR) is 79.1 cm³/mol. The van der Waals surface area contributed by atoms with Crippen LogP contribution >= 0.6 is 0 Å². The Kier molecular flexibility index (Phi) is 6.90. The van der Waals surface area contributed by atoms with Gasteiger partial charge in [0.05, 0.1) is 12.8 Å². The number of aromatic nitrogens is 1. The maximum absolute atomic E-state index is 11.6. The summed E-state index contributed by atoms with van der Waals surface area (Å²) in [6.07, 6.45) is 2.11. The lowest BCUT2D eigenvalue weighted by Gasteiger charge is -2.19. The smallest absolute Gasteiger partial charge is 0.223 e. The normalized spacial score (nSPS) is 10.9. The van der Waals surface area contributed by atoms with E-state index < -0.39 is 5.43 Å². The molecule has 0 aliphatic rings. The number of carbonyl (C=O) groups is 1. The van der Waals surface area contributed by atoms with Gasteiger partial charge in [-0.25, -0.2) is 0 Å².